The molecule has 1 aliphatic carbocycles. The topological polar surface area (TPSA) is 29.1 Å². The smallest absolute Gasteiger partial charge is 0.322 e. The molecule has 1 aromatic rings. The summed E-state index contributed by atoms with van der Waals surface area (Å²) in [6.45, 7) is 2.06. The Labute approximate surface area is 130 Å². The first-order valence-electron chi connectivity index (χ1n) is 7.00. The van der Waals surface area contributed by atoms with Crippen molar-refractivity contribution in [2.45, 2.75) is 25.9 Å². The molecule has 0 radical (unpaired) electrons. The van der Waals surface area contributed by atoms with Gasteiger partial charge in [0.15, 0.2) is 0 Å². The standard InChI is InChI=1S/C16H14F3NOS/c1-2-9-3-5-12-13(7-9)11-6-4-10(16(17,18)19)8-14(11)20-22-15(12)21/h3-6,8-9,20H,2,7H2,1H3. The molecule has 2 nitrogen and oxygen atoms in total. The van der Waals surface area contributed by atoms with Crippen molar-refractivity contribution < 1.29 is 18.0 Å². The summed E-state index contributed by atoms with van der Waals surface area (Å²) in [7, 11) is 0. The number of hydrogen-bond donors (Lipinski definition) is 1. The Kier molecular flexibility index (Phi) is 3.80. The molecule has 1 heterocycles. The summed E-state index contributed by atoms with van der Waals surface area (Å²) in [6.07, 6.45) is 1.02. The van der Waals surface area contributed by atoms with E-state index >= 15 is 0 Å². The quantitative estimate of drug-likeness (QED) is 0.733. The first-order valence-corrected chi connectivity index (χ1v) is 7.82. The van der Waals surface area contributed by atoms with E-state index in [0.29, 0.717) is 29.2 Å². The molecule has 3 rings (SSSR count). The Bertz CT molecular complexity index is 691. The number of anilines is 1. The van der Waals surface area contributed by atoms with Crippen molar-refractivity contribution in [3.05, 3.63) is 47.1 Å². The minimum atomic E-state index is -4.40. The lowest BCUT2D eigenvalue weighted by atomic mass is 9.84. The second-order valence-corrected chi connectivity index (χ2v) is 6.15. The summed E-state index contributed by atoms with van der Waals surface area (Å²) in [6, 6.07) is 3.61. The van der Waals surface area contributed by atoms with Gasteiger partial charge in [-0.1, -0.05) is 25.1 Å². The minimum Gasteiger partial charge on any atom is -0.322 e. The number of carbonyl (C=O) groups excluding carboxylic acids is 1. The van der Waals surface area contributed by atoms with E-state index < -0.39 is 11.7 Å². The van der Waals surface area contributed by atoms with Crippen LogP contribution in [-0.4, -0.2) is 5.12 Å². The summed E-state index contributed by atoms with van der Waals surface area (Å²) >= 11 is 0.830. The number of nitrogens with one attached hydrogen (secondary N) is 1. The molecular formula is C16H14F3NOS. The molecule has 1 atom stereocenters. The third kappa shape index (κ3) is 2.67. The maximum atomic E-state index is 12.9. The van der Waals surface area contributed by atoms with Crippen molar-refractivity contribution in [3.8, 4) is 0 Å². The van der Waals surface area contributed by atoms with Gasteiger partial charge in [-0.2, -0.15) is 13.2 Å². The zero-order valence-corrected chi connectivity index (χ0v) is 12.6. The van der Waals surface area contributed by atoms with E-state index in [9.17, 15) is 18.0 Å². The van der Waals surface area contributed by atoms with Crippen LogP contribution in [0.1, 0.15) is 30.9 Å². The monoisotopic (exact) mass is 325 g/mol. The van der Waals surface area contributed by atoms with E-state index in [1.165, 1.54) is 6.07 Å². The molecule has 0 spiro atoms. The number of benzene rings is 1. The van der Waals surface area contributed by atoms with Gasteiger partial charge < -0.3 is 4.72 Å². The Hall–Kier alpha value is -1.69. The van der Waals surface area contributed by atoms with Gasteiger partial charge in [0.25, 0.3) is 0 Å². The Morgan fingerprint density at radius 2 is 2.14 bits per heavy atom. The van der Waals surface area contributed by atoms with E-state index in [0.717, 1.165) is 36.1 Å². The van der Waals surface area contributed by atoms with Gasteiger partial charge in [0.2, 0.25) is 5.12 Å². The Morgan fingerprint density at radius 1 is 1.36 bits per heavy atom. The van der Waals surface area contributed by atoms with Gasteiger partial charge in [-0.3, -0.25) is 4.79 Å². The number of hydrogen-bond acceptors (Lipinski definition) is 3. The summed E-state index contributed by atoms with van der Waals surface area (Å²) in [5.74, 6) is 0.310. The highest BCUT2D eigenvalue weighted by molar-refractivity contribution is 8.15. The molecule has 0 saturated carbocycles. The van der Waals surface area contributed by atoms with Crippen LogP contribution in [0.5, 0.6) is 0 Å². The molecule has 2 aliphatic rings. The summed E-state index contributed by atoms with van der Waals surface area (Å²) in [4.78, 5) is 12.2. The van der Waals surface area contributed by atoms with Crippen LogP contribution < -0.4 is 4.72 Å². The molecule has 116 valence electrons. The summed E-state index contributed by atoms with van der Waals surface area (Å²) < 4.78 is 41.4. The molecule has 0 aromatic heterocycles. The van der Waals surface area contributed by atoms with E-state index in [2.05, 4.69) is 11.6 Å². The van der Waals surface area contributed by atoms with Crippen molar-refractivity contribution in [1.82, 2.24) is 0 Å². The number of rotatable bonds is 1. The molecule has 0 bridgehead atoms. The lowest BCUT2D eigenvalue weighted by Gasteiger charge is -2.21. The third-order valence-corrected chi connectivity index (χ3v) is 4.72. The fourth-order valence-electron chi connectivity index (χ4n) is 2.72. The maximum absolute atomic E-state index is 12.9. The van der Waals surface area contributed by atoms with Crippen LogP contribution in [0.4, 0.5) is 18.9 Å². The highest BCUT2D eigenvalue weighted by atomic mass is 32.2. The van der Waals surface area contributed by atoms with Crippen molar-refractivity contribution in [1.29, 1.82) is 0 Å². The van der Waals surface area contributed by atoms with E-state index in [-0.39, 0.29) is 5.12 Å². The Morgan fingerprint density at radius 3 is 2.82 bits per heavy atom. The van der Waals surface area contributed by atoms with Gasteiger partial charge in [0.05, 0.1) is 11.3 Å². The fourth-order valence-corrected chi connectivity index (χ4v) is 3.40. The van der Waals surface area contributed by atoms with Crippen LogP contribution in [0, 0.1) is 5.92 Å². The van der Waals surface area contributed by atoms with Crippen LogP contribution in [0.3, 0.4) is 0 Å². The number of halogens is 3. The maximum Gasteiger partial charge on any atom is 0.416 e. The third-order valence-electron chi connectivity index (χ3n) is 4.00. The lowest BCUT2D eigenvalue weighted by molar-refractivity contribution is -0.137. The molecule has 0 saturated heterocycles. The van der Waals surface area contributed by atoms with E-state index in [1.807, 2.05) is 6.08 Å². The van der Waals surface area contributed by atoms with Crippen molar-refractivity contribution in [2.24, 2.45) is 5.92 Å². The molecule has 22 heavy (non-hydrogen) atoms. The minimum absolute atomic E-state index is 0.162. The molecule has 1 aliphatic heterocycles. The molecule has 0 amide bonds. The van der Waals surface area contributed by atoms with Crippen LogP contribution in [-0.2, 0) is 11.0 Å². The summed E-state index contributed by atoms with van der Waals surface area (Å²) in [5.41, 5.74) is 1.74. The van der Waals surface area contributed by atoms with Gasteiger partial charge >= 0.3 is 6.18 Å². The predicted octanol–water partition coefficient (Wildman–Crippen LogP) is 5.05. The molecule has 1 unspecified atom stereocenters. The number of alkyl halides is 3. The zero-order valence-electron chi connectivity index (χ0n) is 11.8. The average molecular weight is 325 g/mol. The fraction of sp³-hybridized carbons (Fsp3) is 0.312. The average Bonchev–Trinajstić information content (AvgIpc) is 2.63. The van der Waals surface area contributed by atoms with Gasteiger partial charge in [-0.15, -0.1) is 0 Å². The largest absolute Gasteiger partial charge is 0.416 e. The van der Waals surface area contributed by atoms with Gasteiger partial charge in [0, 0.05) is 23.1 Å². The van der Waals surface area contributed by atoms with Crippen LogP contribution in [0.15, 0.2) is 35.9 Å². The molecule has 1 aromatic carbocycles. The van der Waals surface area contributed by atoms with E-state index in [4.69, 9.17) is 0 Å². The Balaban J connectivity index is 2.11. The van der Waals surface area contributed by atoms with Crippen LogP contribution in [0.2, 0.25) is 0 Å². The van der Waals surface area contributed by atoms with Crippen LogP contribution in [0.25, 0.3) is 5.57 Å². The van der Waals surface area contributed by atoms with Crippen molar-refractivity contribution in [2.75, 3.05) is 4.72 Å². The predicted molar refractivity (Wildman–Crippen MR) is 82.1 cm³/mol. The number of carbonyl (C=O) groups is 1. The number of allylic oxidation sites excluding steroid dienone is 3. The zero-order chi connectivity index (χ0) is 15.9. The molecule has 1 N–H and O–H groups in total. The second kappa shape index (κ2) is 5.50. The second-order valence-electron chi connectivity index (χ2n) is 5.37. The number of fused-ring (bicyclic) bond motifs is 2. The highest BCUT2D eigenvalue weighted by Crippen LogP contribution is 2.43. The molecular weight excluding hydrogens is 311 g/mol. The van der Waals surface area contributed by atoms with Gasteiger partial charge in [-0.25, -0.2) is 0 Å². The summed E-state index contributed by atoms with van der Waals surface area (Å²) in [5, 5.41) is -0.162. The normalized spacial score (nSPS) is 21.1. The van der Waals surface area contributed by atoms with Gasteiger partial charge in [0.1, 0.15) is 0 Å². The SMILES string of the molecule is CCC1C=CC2=C(C1)c1ccc(C(F)(F)F)cc1NSC2=O. The van der Waals surface area contributed by atoms with Gasteiger partial charge in [-0.05, 0) is 36.5 Å². The first-order chi connectivity index (χ1) is 10.4. The van der Waals surface area contributed by atoms with E-state index in [1.54, 1.807) is 6.08 Å². The lowest BCUT2D eigenvalue weighted by Crippen LogP contribution is -2.08. The first kappa shape index (κ1) is 15.2. The molecule has 0 fully saturated rings. The highest BCUT2D eigenvalue weighted by Gasteiger charge is 2.33. The van der Waals surface area contributed by atoms with Crippen LogP contribution >= 0.6 is 11.9 Å². The van der Waals surface area contributed by atoms with Crippen molar-refractivity contribution in [3.63, 3.8) is 0 Å². The molecule has 6 heteroatoms. The van der Waals surface area contributed by atoms with Crippen molar-refractivity contribution >= 4 is 28.3 Å².